The molecule has 0 aliphatic carbocycles. The van der Waals surface area contributed by atoms with Gasteiger partial charge in [0.05, 0.1) is 19.2 Å². The first kappa shape index (κ1) is 17.7. The highest BCUT2D eigenvalue weighted by Gasteiger charge is 2.26. The Kier molecular flexibility index (Phi) is 6.11. The van der Waals surface area contributed by atoms with Crippen LogP contribution in [0.1, 0.15) is 31.2 Å². The maximum atomic E-state index is 13.8. The SMILES string of the molecule is COC(=O)CCCNC(=O)CC1CC(c2ccc(O)cc2F)=NO1. The molecule has 1 aliphatic rings. The number of nitrogens with zero attached hydrogens (tertiary/aromatic N) is 1. The lowest BCUT2D eigenvalue weighted by atomic mass is 10.0. The Labute approximate surface area is 138 Å². The summed E-state index contributed by atoms with van der Waals surface area (Å²) < 4.78 is 18.3. The fourth-order valence-corrected chi connectivity index (χ4v) is 2.28. The van der Waals surface area contributed by atoms with E-state index in [9.17, 15) is 19.1 Å². The van der Waals surface area contributed by atoms with Crippen molar-refractivity contribution in [1.82, 2.24) is 5.32 Å². The minimum absolute atomic E-state index is 0.0882. The first-order valence-corrected chi connectivity index (χ1v) is 7.54. The molecule has 1 amide bonds. The molecule has 2 N–H and O–H groups in total. The number of phenolic OH excluding ortho intramolecular Hbond substituents is 1. The van der Waals surface area contributed by atoms with E-state index >= 15 is 0 Å². The summed E-state index contributed by atoms with van der Waals surface area (Å²) in [5.41, 5.74) is 0.643. The van der Waals surface area contributed by atoms with E-state index in [1.807, 2.05) is 0 Å². The summed E-state index contributed by atoms with van der Waals surface area (Å²) in [6.07, 6.45) is 0.658. The molecule has 1 aromatic carbocycles. The molecule has 7 nitrogen and oxygen atoms in total. The van der Waals surface area contributed by atoms with Crippen molar-refractivity contribution in [2.75, 3.05) is 13.7 Å². The van der Waals surface area contributed by atoms with E-state index in [1.165, 1.54) is 19.2 Å². The molecular formula is C16H19FN2O5. The molecule has 0 fully saturated rings. The van der Waals surface area contributed by atoms with Gasteiger partial charge >= 0.3 is 5.97 Å². The molecule has 1 aromatic rings. The third kappa shape index (κ3) is 4.94. The molecule has 8 heteroatoms. The zero-order chi connectivity index (χ0) is 17.5. The summed E-state index contributed by atoms with van der Waals surface area (Å²) in [5, 5.41) is 15.7. The zero-order valence-electron chi connectivity index (χ0n) is 13.3. The predicted octanol–water partition coefficient (Wildman–Crippen LogP) is 1.48. The van der Waals surface area contributed by atoms with E-state index < -0.39 is 11.9 Å². The number of halogens is 1. The normalized spacial score (nSPS) is 16.2. The number of carbonyl (C=O) groups excluding carboxylic acids is 2. The first-order valence-electron chi connectivity index (χ1n) is 7.54. The minimum Gasteiger partial charge on any atom is -0.508 e. The lowest BCUT2D eigenvalue weighted by molar-refractivity contribution is -0.140. The summed E-state index contributed by atoms with van der Waals surface area (Å²) in [7, 11) is 1.31. The maximum absolute atomic E-state index is 13.8. The number of carbonyl (C=O) groups is 2. The van der Waals surface area contributed by atoms with E-state index in [2.05, 4.69) is 15.2 Å². The number of ether oxygens (including phenoxy) is 1. The quantitative estimate of drug-likeness (QED) is 0.580. The van der Waals surface area contributed by atoms with Crippen molar-refractivity contribution in [2.24, 2.45) is 5.16 Å². The summed E-state index contributed by atoms with van der Waals surface area (Å²) in [6, 6.07) is 3.78. The van der Waals surface area contributed by atoms with Gasteiger partial charge in [0.1, 0.15) is 17.7 Å². The van der Waals surface area contributed by atoms with Crippen LogP contribution in [0.4, 0.5) is 4.39 Å². The van der Waals surface area contributed by atoms with Crippen LogP contribution in [-0.4, -0.2) is 42.5 Å². The van der Waals surface area contributed by atoms with Crippen LogP contribution in [0.15, 0.2) is 23.4 Å². The van der Waals surface area contributed by atoms with Crippen molar-refractivity contribution >= 4 is 17.6 Å². The second-order valence-corrected chi connectivity index (χ2v) is 5.37. The molecule has 1 aliphatic heterocycles. The van der Waals surface area contributed by atoms with Crippen molar-refractivity contribution < 1.29 is 28.7 Å². The van der Waals surface area contributed by atoms with Gasteiger partial charge in [0.2, 0.25) is 5.91 Å². The average Bonchev–Trinajstić information content (AvgIpc) is 2.99. The predicted molar refractivity (Wildman–Crippen MR) is 83.0 cm³/mol. The fraction of sp³-hybridized carbons (Fsp3) is 0.438. The standard InChI is InChI=1S/C16H19FN2O5/c1-23-16(22)3-2-6-18-15(21)9-11-8-14(19-24-11)12-5-4-10(20)7-13(12)17/h4-5,7,11,20H,2-3,6,8-9H2,1H3,(H,18,21). The number of amides is 1. The number of aromatic hydroxyl groups is 1. The van der Waals surface area contributed by atoms with E-state index in [4.69, 9.17) is 4.84 Å². The summed E-state index contributed by atoms with van der Waals surface area (Å²) in [6.45, 7) is 0.362. The number of oxime groups is 1. The summed E-state index contributed by atoms with van der Waals surface area (Å²) in [4.78, 5) is 27.9. The van der Waals surface area contributed by atoms with Crippen molar-refractivity contribution in [3.63, 3.8) is 0 Å². The van der Waals surface area contributed by atoms with Crippen molar-refractivity contribution in [3.8, 4) is 5.75 Å². The molecular weight excluding hydrogens is 319 g/mol. The molecule has 1 heterocycles. The van der Waals surface area contributed by atoms with Gasteiger partial charge in [0.15, 0.2) is 0 Å². The number of methoxy groups -OCH3 is 1. The van der Waals surface area contributed by atoms with Crippen molar-refractivity contribution in [3.05, 3.63) is 29.6 Å². The van der Waals surface area contributed by atoms with Crippen LogP contribution in [0.3, 0.4) is 0 Å². The molecule has 1 unspecified atom stereocenters. The minimum atomic E-state index is -0.592. The molecule has 0 bridgehead atoms. The van der Waals surface area contributed by atoms with E-state index in [-0.39, 0.29) is 36.0 Å². The Hall–Kier alpha value is -2.64. The number of rotatable bonds is 7. The van der Waals surface area contributed by atoms with Crippen LogP contribution >= 0.6 is 0 Å². The van der Waals surface area contributed by atoms with Crippen LogP contribution in [-0.2, 0) is 19.2 Å². The topological polar surface area (TPSA) is 97.2 Å². The lowest BCUT2D eigenvalue weighted by Gasteiger charge is -2.09. The first-order chi connectivity index (χ1) is 11.5. The number of esters is 1. The van der Waals surface area contributed by atoms with E-state index in [0.29, 0.717) is 25.1 Å². The van der Waals surface area contributed by atoms with Gasteiger partial charge in [0.25, 0.3) is 0 Å². The molecule has 1 atom stereocenters. The third-order valence-electron chi connectivity index (χ3n) is 3.52. The Morgan fingerprint density at radius 3 is 3.00 bits per heavy atom. The van der Waals surface area contributed by atoms with Crippen molar-refractivity contribution in [2.45, 2.75) is 31.8 Å². The van der Waals surface area contributed by atoms with Gasteiger partial charge in [-0.2, -0.15) is 0 Å². The Morgan fingerprint density at radius 1 is 1.50 bits per heavy atom. The Bertz CT molecular complexity index is 647. The Morgan fingerprint density at radius 2 is 2.29 bits per heavy atom. The molecule has 0 radical (unpaired) electrons. The molecule has 0 spiro atoms. The highest BCUT2D eigenvalue weighted by atomic mass is 19.1. The van der Waals surface area contributed by atoms with E-state index in [0.717, 1.165) is 6.07 Å². The number of hydrogen-bond donors (Lipinski definition) is 2. The number of nitrogens with one attached hydrogen (secondary N) is 1. The smallest absolute Gasteiger partial charge is 0.305 e. The summed E-state index contributed by atoms with van der Waals surface area (Å²) in [5.74, 6) is -1.31. The third-order valence-corrected chi connectivity index (χ3v) is 3.52. The van der Waals surface area contributed by atoms with Gasteiger partial charge in [-0.3, -0.25) is 9.59 Å². The van der Waals surface area contributed by atoms with Gasteiger partial charge < -0.3 is 20.0 Å². The van der Waals surface area contributed by atoms with Gasteiger partial charge in [-0.25, -0.2) is 4.39 Å². The molecule has 24 heavy (non-hydrogen) atoms. The second kappa shape index (κ2) is 8.28. The van der Waals surface area contributed by atoms with Crippen LogP contribution < -0.4 is 5.32 Å². The van der Waals surface area contributed by atoms with Gasteiger partial charge in [0, 0.05) is 31.0 Å². The second-order valence-electron chi connectivity index (χ2n) is 5.37. The lowest BCUT2D eigenvalue weighted by Crippen LogP contribution is -2.28. The van der Waals surface area contributed by atoms with Crippen molar-refractivity contribution in [1.29, 1.82) is 0 Å². The van der Waals surface area contributed by atoms with Crippen LogP contribution in [0, 0.1) is 5.82 Å². The van der Waals surface area contributed by atoms with Gasteiger partial charge in [-0.1, -0.05) is 5.16 Å². The molecule has 0 saturated heterocycles. The average molecular weight is 338 g/mol. The number of hydrogen-bond acceptors (Lipinski definition) is 6. The largest absolute Gasteiger partial charge is 0.508 e. The zero-order valence-corrected chi connectivity index (χ0v) is 13.3. The van der Waals surface area contributed by atoms with Gasteiger partial charge in [-0.15, -0.1) is 0 Å². The van der Waals surface area contributed by atoms with Crippen LogP contribution in [0.2, 0.25) is 0 Å². The molecule has 2 rings (SSSR count). The summed E-state index contributed by atoms with van der Waals surface area (Å²) >= 11 is 0. The Balaban J connectivity index is 1.74. The molecule has 0 aromatic heterocycles. The maximum Gasteiger partial charge on any atom is 0.305 e. The number of phenols is 1. The molecule has 0 saturated carbocycles. The number of benzene rings is 1. The van der Waals surface area contributed by atoms with Crippen LogP contribution in [0.25, 0.3) is 0 Å². The van der Waals surface area contributed by atoms with Crippen LogP contribution in [0.5, 0.6) is 5.75 Å². The fourth-order valence-electron chi connectivity index (χ4n) is 2.28. The highest BCUT2D eigenvalue weighted by Crippen LogP contribution is 2.23. The monoisotopic (exact) mass is 338 g/mol. The highest BCUT2D eigenvalue weighted by molar-refractivity contribution is 6.01. The van der Waals surface area contributed by atoms with E-state index in [1.54, 1.807) is 0 Å². The molecule has 130 valence electrons. The van der Waals surface area contributed by atoms with Gasteiger partial charge in [-0.05, 0) is 18.6 Å².